The average molecular weight is 263 g/mol. The van der Waals surface area contributed by atoms with Gasteiger partial charge in [0.2, 0.25) is 0 Å². The number of ether oxygens (including phenoxy) is 1. The molecule has 1 aliphatic rings. The highest BCUT2D eigenvalue weighted by Crippen LogP contribution is 2.30. The molecular weight excluding hydrogens is 238 g/mol. The second-order valence-electron chi connectivity index (χ2n) is 5.42. The number of hydrogen-bond donors (Lipinski definition) is 1. The highest BCUT2D eigenvalue weighted by atomic mass is 16.5. The number of anilines is 1. The molecule has 0 saturated carbocycles. The zero-order valence-corrected chi connectivity index (χ0v) is 12.2. The fourth-order valence-corrected chi connectivity index (χ4v) is 2.71. The third-order valence-corrected chi connectivity index (χ3v) is 4.17. The lowest BCUT2D eigenvalue weighted by molar-refractivity contribution is 0.184. The standard InChI is InChI=1S/C15H25N3O/c1-4-19-14-7-5-13(6-8-14)18-10-9-15(11-16,12-18)17(2)3/h5-8H,4,9-12,16H2,1-3H3. The molecule has 1 atom stereocenters. The molecule has 19 heavy (non-hydrogen) atoms. The zero-order chi connectivity index (χ0) is 13.9. The monoisotopic (exact) mass is 263 g/mol. The van der Waals surface area contributed by atoms with Crippen LogP contribution in [0.2, 0.25) is 0 Å². The summed E-state index contributed by atoms with van der Waals surface area (Å²) < 4.78 is 5.48. The predicted molar refractivity (Wildman–Crippen MR) is 79.9 cm³/mol. The van der Waals surface area contributed by atoms with Crippen LogP contribution in [0.4, 0.5) is 5.69 Å². The highest BCUT2D eigenvalue weighted by molar-refractivity contribution is 5.50. The molecule has 1 aromatic carbocycles. The van der Waals surface area contributed by atoms with E-state index in [2.05, 4.69) is 36.0 Å². The summed E-state index contributed by atoms with van der Waals surface area (Å²) in [7, 11) is 4.24. The quantitative estimate of drug-likeness (QED) is 0.875. The Kier molecular flexibility index (Phi) is 4.32. The number of nitrogens with two attached hydrogens (primary N) is 1. The summed E-state index contributed by atoms with van der Waals surface area (Å²) in [6, 6.07) is 8.34. The fourth-order valence-electron chi connectivity index (χ4n) is 2.71. The molecule has 4 nitrogen and oxygen atoms in total. The number of benzene rings is 1. The number of nitrogens with zero attached hydrogens (tertiary/aromatic N) is 2. The molecule has 0 aliphatic carbocycles. The minimum absolute atomic E-state index is 0.110. The van der Waals surface area contributed by atoms with Gasteiger partial charge in [-0.05, 0) is 51.7 Å². The summed E-state index contributed by atoms with van der Waals surface area (Å²) in [5, 5.41) is 0. The molecule has 1 fully saturated rings. The van der Waals surface area contributed by atoms with Gasteiger partial charge in [0.1, 0.15) is 5.75 Å². The van der Waals surface area contributed by atoms with Crippen molar-refractivity contribution in [3.63, 3.8) is 0 Å². The normalized spacial score (nSPS) is 23.1. The molecule has 1 saturated heterocycles. The number of hydrogen-bond acceptors (Lipinski definition) is 4. The first-order valence-corrected chi connectivity index (χ1v) is 6.96. The second kappa shape index (κ2) is 5.80. The average Bonchev–Trinajstić information content (AvgIpc) is 2.86. The summed E-state index contributed by atoms with van der Waals surface area (Å²) in [4.78, 5) is 4.67. The van der Waals surface area contributed by atoms with Gasteiger partial charge in [-0.15, -0.1) is 0 Å². The SMILES string of the molecule is CCOc1ccc(N2CCC(CN)(N(C)C)C2)cc1. The molecular formula is C15H25N3O. The van der Waals surface area contributed by atoms with Crippen molar-refractivity contribution in [1.29, 1.82) is 0 Å². The molecule has 106 valence electrons. The Morgan fingerprint density at radius 2 is 2.00 bits per heavy atom. The van der Waals surface area contributed by atoms with Crippen LogP contribution in [0.1, 0.15) is 13.3 Å². The molecule has 2 rings (SSSR count). The van der Waals surface area contributed by atoms with Crippen LogP contribution in [0.25, 0.3) is 0 Å². The van der Waals surface area contributed by atoms with E-state index in [9.17, 15) is 0 Å². The third kappa shape index (κ3) is 2.85. The highest BCUT2D eigenvalue weighted by Gasteiger charge is 2.38. The molecule has 0 spiro atoms. The van der Waals surface area contributed by atoms with Crippen LogP contribution in [0.5, 0.6) is 5.75 Å². The first-order valence-electron chi connectivity index (χ1n) is 6.96. The molecule has 0 aromatic heterocycles. The van der Waals surface area contributed by atoms with Crippen LogP contribution in [-0.4, -0.2) is 50.8 Å². The largest absolute Gasteiger partial charge is 0.494 e. The molecule has 4 heteroatoms. The van der Waals surface area contributed by atoms with E-state index in [4.69, 9.17) is 10.5 Å². The van der Waals surface area contributed by atoms with E-state index in [1.807, 2.05) is 19.1 Å². The van der Waals surface area contributed by atoms with Crippen molar-refractivity contribution < 1.29 is 4.74 Å². The lowest BCUT2D eigenvalue weighted by Gasteiger charge is -2.35. The van der Waals surface area contributed by atoms with Gasteiger partial charge in [-0.2, -0.15) is 0 Å². The Balaban J connectivity index is 2.08. The first kappa shape index (κ1) is 14.2. The maximum absolute atomic E-state index is 5.99. The maximum Gasteiger partial charge on any atom is 0.119 e. The van der Waals surface area contributed by atoms with Gasteiger partial charge in [-0.3, -0.25) is 0 Å². The van der Waals surface area contributed by atoms with Gasteiger partial charge in [0.15, 0.2) is 0 Å². The molecule has 1 aromatic rings. The summed E-state index contributed by atoms with van der Waals surface area (Å²) in [5.74, 6) is 0.933. The second-order valence-corrected chi connectivity index (χ2v) is 5.42. The minimum atomic E-state index is 0.110. The smallest absolute Gasteiger partial charge is 0.119 e. The van der Waals surface area contributed by atoms with Gasteiger partial charge in [0, 0.05) is 25.3 Å². The summed E-state index contributed by atoms with van der Waals surface area (Å²) in [6.07, 6.45) is 1.11. The van der Waals surface area contributed by atoms with Crippen LogP contribution in [0.15, 0.2) is 24.3 Å². The van der Waals surface area contributed by atoms with Crippen molar-refractivity contribution in [3.05, 3.63) is 24.3 Å². The zero-order valence-electron chi connectivity index (χ0n) is 12.2. The third-order valence-electron chi connectivity index (χ3n) is 4.17. The van der Waals surface area contributed by atoms with E-state index >= 15 is 0 Å². The fraction of sp³-hybridized carbons (Fsp3) is 0.600. The van der Waals surface area contributed by atoms with Crippen molar-refractivity contribution in [2.24, 2.45) is 5.73 Å². The molecule has 0 amide bonds. The number of likely N-dealkylation sites (N-methyl/N-ethyl adjacent to an activating group) is 1. The predicted octanol–water partition coefficient (Wildman–Crippen LogP) is 1.55. The lowest BCUT2D eigenvalue weighted by Crippen LogP contribution is -2.52. The molecule has 0 radical (unpaired) electrons. The molecule has 0 bridgehead atoms. The Hall–Kier alpha value is -1.26. The van der Waals surface area contributed by atoms with Crippen molar-refractivity contribution in [1.82, 2.24) is 4.90 Å². The van der Waals surface area contributed by atoms with Gasteiger partial charge in [-0.25, -0.2) is 0 Å². The Morgan fingerprint density at radius 1 is 1.32 bits per heavy atom. The van der Waals surface area contributed by atoms with Crippen LogP contribution >= 0.6 is 0 Å². The summed E-state index contributed by atoms with van der Waals surface area (Å²) in [6.45, 7) is 5.46. The Morgan fingerprint density at radius 3 is 2.47 bits per heavy atom. The van der Waals surface area contributed by atoms with Crippen molar-refractivity contribution >= 4 is 5.69 Å². The van der Waals surface area contributed by atoms with E-state index in [-0.39, 0.29) is 5.54 Å². The lowest BCUT2D eigenvalue weighted by atomic mass is 9.97. The van der Waals surface area contributed by atoms with Crippen molar-refractivity contribution in [2.75, 3.05) is 45.2 Å². The van der Waals surface area contributed by atoms with Gasteiger partial charge in [-0.1, -0.05) is 0 Å². The van der Waals surface area contributed by atoms with Gasteiger partial charge in [0.25, 0.3) is 0 Å². The minimum Gasteiger partial charge on any atom is -0.494 e. The van der Waals surface area contributed by atoms with Crippen LogP contribution in [0, 0.1) is 0 Å². The molecule has 1 unspecified atom stereocenters. The van der Waals surface area contributed by atoms with Crippen LogP contribution in [0.3, 0.4) is 0 Å². The topological polar surface area (TPSA) is 41.7 Å². The van der Waals surface area contributed by atoms with Crippen molar-refractivity contribution in [3.8, 4) is 5.75 Å². The summed E-state index contributed by atoms with van der Waals surface area (Å²) >= 11 is 0. The van der Waals surface area contributed by atoms with E-state index in [0.29, 0.717) is 13.2 Å². The van der Waals surface area contributed by atoms with Gasteiger partial charge < -0.3 is 20.3 Å². The van der Waals surface area contributed by atoms with E-state index in [1.165, 1.54) is 5.69 Å². The first-order chi connectivity index (χ1) is 9.11. The van der Waals surface area contributed by atoms with Gasteiger partial charge in [0.05, 0.1) is 12.1 Å². The summed E-state index contributed by atoms with van der Waals surface area (Å²) in [5.41, 5.74) is 7.35. The number of rotatable bonds is 5. The Labute approximate surface area is 116 Å². The van der Waals surface area contributed by atoms with Gasteiger partial charge >= 0.3 is 0 Å². The Bertz CT molecular complexity index is 404. The van der Waals surface area contributed by atoms with Crippen LogP contribution < -0.4 is 15.4 Å². The van der Waals surface area contributed by atoms with E-state index in [1.54, 1.807) is 0 Å². The van der Waals surface area contributed by atoms with E-state index < -0.39 is 0 Å². The molecule has 1 heterocycles. The van der Waals surface area contributed by atoms with Crippen molar-refractivity contribution in [2.45, 2.75) is 18.9 Å². The molecule has 1 aliphatic heterocycles. The van der Waals surface area contributed by atoms with E-state index in [0.717, 1.165) is 25.3 Å². The maximum atomic E-state index is 5.99. The van der Waals surface area contributed by atoms with Crippen LogP contribution in [-0.2, 0) is 0 Å². The molecule has 2 N–H and O–H groups in total.